The smallest absolute Gasteiger partial charge is 0.196 e. The van der Waals surface area contributed by atoms with E-state index < -0.39 is 6.29 Å². The van der Waals surface area contributed by atoms with Crippen LogP contribution in [0.4, 0.5) is 0 Å². The number of fused-ring (bicyclic) bond motifs is 1. The van der Waals surface area contributed by atoms with Crippen molar-refractivity contribution in [1.29, 1.82) is 0 Å². The molecule has 0 aliphatic rings. The fourth-order valence-electron chi connectivity index (χ4n) is 1.50. The van der Waals surface area contributed by atoms with E-state index in [2.05, 4.69) is 4.98 Å². The van der Waals surface area contributed by atoms with Gasteiger partial charge >= 0.3 is 0 Å². The first-order valence-electron chi connectivity index (χ1n) is 4.41. The van der Waals surface area contributed by atoms with Crippen molar-refractivity contribution in [1.82, 2.24) is 4.98 Å². The highest BCUT2D eigenvalue weighted by molar-refractivity contribution is 5.79. The molecule has 2 N–H and O–H groups in total. The molecule has 0 fully saturated rings. The summed E-state index contributed by atoms with van der Waals surface area (Å²) in [5.74, 6) is 0. The number of aromatic nitrogens is 1. The van der Waals surface area contributed by atoms with Gasteiger partial charge in [-0.2, -0.15) is 0 Å². The molecular weight excluding hydrogens is 178 g/mol. The van der Waals surface area contributed by atoms with Crippen molar-refractivity contribution in [2.45, 2.75) is 13.2 Å². The summed E-state index contributed by atoms with van der Waals surface area (Å²) in [7, 11) is 0. The first-order valence-corrected chi connectivity index (χ1v) is 4.41. The second-order valence-corrected chi connectivity index (χ2v) is 3.26. The van der Waals surface area contributed by atoms with Gasteiger partial charge in [-0.15, -0.1) is 0 Å². The lowest BCUT2D eigenvalue weighted by Crippen LogP contribution is -2.01. The predicted octanol–water partition coefficient (Wildman–Crippen LogP) is 1.53. The summed E-state index contributed by atoms with van der Waals surface area (Å²) in [6.45, 7) is 1.81. The number of benzene rings is 1. The molecule has 1 aromatic carbocycles. The zero-order valence-electron chi connectivity index (χ0n) is 7.81. The van der Waals surface area contributed by atoms with Crippen molar-refractivity contribution in [3.63, 3.8) is 0 Å². The van der Waals surface area contributed by atoms with E-state index in [4.69, 9.17) is 10.2 Å². The SMILES string of the molecule is Cc1cc2ccccc2nc1C(O)O. The van der Waals surface area contributed by atoms with Crippen LogP contribution in [0.2, 0.25) is 0 Å². The third-order valence-electron chi connectivity index (χ3n) is 2.20. The molecular formula is C11H11NO2. The summed E-state index contributed by atoms with van der Waals surface area (Å²) in [6.07, 6.45) is -1.50. The van der Waals surface area contributed by atoms with Gasteiger partial charge in [-0.3, -0.25) is 0 Å². The number of hydrogen-bond donors (Lipinski definition) is 2. The molecule has 0 spiro atoms. The molecule has 2 rings (SSSR count). The van der Waals surface area contributed by atoms with Crippen LogP contribution in [0.15, 0.2) is 30.3 Å². The molecule has 0 saturated carbocycles. The van der Waals surface area contributed by atoms with E-state index in [0.29, 0.717) is 5.69 Å². The molecule has 1 heterocycles. The monoisotopic (exact) mass is 189 g/mol. The Labute approximate surface area is 81.7 Å². The normalized spacial score (nSPS) is 11.1. The Morgan fingerprint density at radius 3 is 2.64 bits per heavy atom. The minimum absolute atomic E-state index is 0.323. The third kappa shape index (κ3) is 1.47. The van der Waals surface area contributed by atoms with Crippen molar-refractivity contribution >= 4 is 10.9 Å². The zero-order chi connectivity index (χ0) is 10.1. The van der Waals surface area contributed by atoms with Gasteiger partial charge in [-0.05, 0) is 24.6 Å². The summed E-state index contributed by atoms with van der Waals surface area (Å²) in [4.78, 5) is 4.17. The van der Waals surface area contributed by atoms with Crippen molar-refractivity contribution in [2.75, 3.05) is 0 Å². The van der Waals surface area contributed by atoms with E-state index >= 15 is 0 Å². The lowest BCUT2D eigenvalue weighted by atomic mass is 10.1. The fraction of sp³-hybridized carbons (Fsp3) is 0.182. The molecule has 3 heteroatoms. The average Bonchev–Trinajstić information content (AvgIpc) is 2.16. The second kappa shape index (κ2) is 3.36. The van der Waals surface area contributed by atoms with Crippen LogP contribution in [-0.4, -0.2) is 15.2 Å². The van der Waals surface area contributed by atoms with Gasteiger partial charge < -0.3 is 10.2 Å². The first-order chi connectivity index (χ1) is 6.68. The van der Waals surface area contributed by atoms with Crippen molar-refractivity contribution in [3.8, 4) is 0 Å². The first kappa shape index (κ1) is 9.12. The molecule has 2 aromatic rings. The zero-order valence-corrected chi connectivity index (χ0v) is 7.81. The molecule has 0 bridgehead atoms. The molecule has 0 radical (unpaired) electrons. The van der Waals surface area contributed by atoms with Crippen molar-refractivity contribution in [3.05, 3.63) is 41.6 Å². The molecule has 0 amide bonds. The van der Waals surface area contributed by atoms with Gasteiger partial charge in [-0.25, -0.2) is 4.98 Å². The summed E-state index contributed by atoms with van der Waals surface area (Å²) in [5, 5.41) is 19.1. The molecule has 0 atom stereocenters. The quantitative estimate of drug-likeness (QED) is 0.669. The topological polar surface area (TPSA) is 53.4 Å². The Bertz CT molecular complexity index is 466. The Kier molecular flexibility index (Phi) is 2.19. The molecule has 0 saturated heterocycles. The van der Waals surface area contributed by atoms with Crippen LogP contribution in [-0.2, 0) is 0 Å². The number of aliphatic hydroxyl groups excluding tert-OH is 1. The van der Waals surface area contributed by atoms with Gasteiger partial charge in [0.05, 0.1) is 11.2 Å². The Hall–Kier alpha value is -1.45. The lowest BCUT2D eigenvalue weighted by molar-refractivity contribution is -0.0460. The number of pyridine rings is 1. The fourth-order valence-corrected chi connectivity index (χ4v) is 1.50. The van der Waals surface area contributed by atoms with Gasteiger partial charge in [0, 0.05) is 5.39 Å². The second-order valence-electron chi connectivity index (χ2n) is 3.26. The summed E-state index contributed by atoms with van der Waals surface area (Å²) < 4.78 is 0. The highest BCUT2D eigenvalue weighted by Gasteiger charge is 2.09. The third-order valence-corrected chi connectivity index (χ3v) is 2.20. The standard InChI is InChI=1S/C11H11NO2/c1-7-6-8-4-2-3-5-9(8)12-10(7)11(13)14/h2-6,11,13-14H,1H3. The highest BCUT2D eigenvalue weighted by Crippen LogP contribution is 2.19. The number of aliphatic hydroxyl groups is 2. The number of nitrogens with zero attached hydrogens (tertiary/aromatic N) is 1. The molecule has 14 heavy (non-hydrogen) atoms. The summed E-state index contributed by atoms with van der Waals surface area (Å²) in [6, 6.07) is 9.50. The Balaban J connectivity index is 2.71. The van der Waals surface area contributed by atoms with Crippen LogP contribution < -0.4 is 0 Å². The highest BCUT2D eigenvalue weighted by atomic mass is 16.5. The van der Waals surface area contributed by atoms with Crippen molar-refractivity contribution in [2.24, 2.45) is 0 Å². The molecule has 0 aliphatic carbocycles. The summed E-state index contributed by atoms with van der Waals surface area (Å²) >= 11 is 0. The van der Waals surface area contributed by atoms with Crippen LogP contribution in [0.3, 0.4) is 0 Å². The number of para-hydroxylation sites is 1. The van der Waals surface area contributed by atoms with Gasteiger partial charge in [0.2, 0.25) is 0 Å². The van der Waals surface area contributed by atoms with Crippen LogP contribution in [0.5, 0.6) is 0 Å². The number of hydrogen-bond acceptors (Lipinski definition) is 3. The minimum atomic E-state index is -1.50. The molecule has 1 aromatic heterocycles. The number of aryl methyl sites for hydroxylation is 1. The van der Waals surface area contributed by atoms with E-state index in [1.807, 2.05) is 37.3 Å². The van der Waals surface area contributed by atoms with Crippen LogP contribution >= 0.6 is 0 Å². The van der Waals surface area contributed by atoms with Crippen LogP contribution in [0, 0.1) is 6.92 Å². The largest absolute Gasteiger partial charge is 0.363 e. The molecule has 0 unspecified atom stereocenters. The van der Waals surface area contributed by atoms with E-state index in [0.717, 1.165) is 16.5 Å². The minimum Gasteiger partial charge on any atom is -0.363 e. The van der Waals surface area contributed by atoms with E-state index in [1.54, 1.807) is 0 Å². The Morgan fingerprint density at radius 1 is 1.21 bits per heavy atom. The van der Waals surface area contributed by atoms with Gasteiger partial charge in [-0.1, -0.05) is 18.2 Å². The van der Waals surface area contributed by atoms with Gasteiger partial charge in [0.1, 0.15) is 0 Å². The molecule has 3 nitrogen and oxygen atoms in total. The van der Waals surface area contributed by atoms with E-state index in [1.165, 1.54) is 0 Å². The van der Waals surface area contributed by atoms with E-state index in [-0.39, 0.29) is 0 Å². The van der Waals surface area contributed by atoms with Crippen molar-refractivity contribution < 1.29 is 10.2 Å². The van der Waals surface area contributed by atoms with E-state index in [9.17, 15) is 0 Å². The summed E-state index contributed by atoms with van der Waals surface area (Å²) in [5.41, 5.74) is 1.89. The lowest BCUT2D eigenvalue weighted by Gasteiger charge is -2.08. The maximum absolute atomic E-state index is 9.06. The number of rotatable bonds is 1. The predicted molar refractivity (Wildman–Crippen MR) is 53.7 cm³/mol. The van der Waals surface area contributed by atoms with Crippen LogP contribution in [0.1, 0.15) is 17.5 Å². The van der Waals surface area contributed by atoms with Gasteiger partial charge in [0.15, 0.2) is 6.29 Å². The molecule has 0 aliphatic heterocycles. The maximum Gasteiger partial charge on any atom is 0.196 e. The average molecular weight is 189 g/mol. The Morgan fingerprint density at radius 2 is 1.93 bits per heavy atom. The van der Waals surface area contributed by atoms with Crippen LogP contribution in [0.25, 0.3) is 10.9 Å². The maximum atomic E-state index is 9.06. The van der Waals surface area contributed by atoms with Gasteiger partial charge in [0.25, 0.3) is 0 Å². The molecule has 72 valence electrons.